The van der Waals surface area contributed by atoms with Crippen LogP contribution >= 0.6 is 11.8 Å². The van der Waals surface area contributed by atoms with Crippen LogP contribution < -0.4 is 9.47 Å². The fraction of sp³-hybridized carbons (Fsp3) is 0.400. The molecule has 4 heteroatoms. The summed E-state index contributed by atoms with van der Waals surface area (Å²) in [5.41, 5.74) is 1.10. The second kappa shape index (κ2) is 7.39. The van der Waals surface area contributed by atoms with Gasteiger partial charge in [0.2, 0.25) is 0 Å². The number of hydrogen-bond acceptors (Lipinski definition) is 4. The number of thioether (sulfide) groups is 1. The number of ether oxygens (including phenoxy) is 3. The van der Waals surface area contributed by atoms with Crippen molar-refractivity contribution in [3.8, 4) is 11.5 Å². The third-order valence-corrected chi connectivity index (χ3v) is 5.92. The van der Waals surface area contributed by atoms with Crippen LogP contribution in [0.15, 0.2) is 54.3 Å². The van der Waals surface area contributed by atoms with Crippen LogP contribution in [0.2, 0.25) is 0 Å². The molecule has 0 saturated heterocycles. The molecule has 0 radical (unpaired) electrons. The predicted molar refractivity (Wildman–Crippen MR) is 100 cm³/mol. The van der Waals surface area contributed by atoms with E-state index in [4.69, 9.17) is 14.2 Å². The first kappa shape index (κ1) is 17.0. The van der Waals surface area contributed by atoms with Gasteiger partial charge in [0.25, 0.3) is 0 Å². The van der Waals surface area contributed by atoms with Gasteiger partial charge in [-0.25, -0.2) is 0 Å². The highest BCUT2D eigenvalue weighted by Gasteiger charge is 2.41. The summed E-state index contributed by atoms with van der Waals surface area (Å²) >= 11 is 1.97. The normalized spacial score (nSPS) is 25.5. The van der Waals surface area contributed by atoms with E-state index in [0.717, 1.165) is 29.4 Å². The van der Waals surface area contributed by atoms with Gasteiger partial charge in [-0.1, -0.05) is 30.4 Å². The van der Waals surface area contributed by atoms with Crippen LogP contribution in [0.25, 0.3) is 0 Å². The SMILES string of the molecule is CCOc1cc(C2(C3C=CCS3)C=CC=C(OC)C2)ccc1OC. The molecule has 24 heavy (non-hydrogen) atoms. The Morgan fingerprint density at radius 2 is 2.08 bits per heavy atom. The van der Waals surface area contributed by atoms with Gasteiger partial charge in [0.15, 0.2) is 11.5 Å². The van der Waals surface area contributed by atoms with Gasteiger partial charge >= 0.3 is 0 Å². The number of benzene rings is 1. The minimum atomic E-state index is -0.129. The zero-order valence-corrected chi connectivity index (χ0v) is 15.3. The van der Waals surface area contributed by atoms with Gasteiger partial charge in [0.05, 0.1) is 26.6 Å². The molecular weight excluding hydrogens is 320 g/mol. The van der Waals surface area contributed by atoms with Gasteiger partial charge in [0.1, 0.15) is 0 Å². The molecule has 1 heterocycles. The molecule has 0 fully saturated rings. The lowest BCUT2D eigenvalue weighted by atomic mass is 9.72. The fourth-order valence-electron chi connectivity index (χ4n) is 3.38. The molecule has 0 saturated carbocycles. The summed E-state index contributed by atoms with van der Waals surface area (Å²) in [6.07, 6.45) is 11.9. The summed E-state index contributed by atoms with van der Waals surface area (Å²) in [5.74, 6) is 3.63. The standard InChI is InChI=1S/C20H24O3S/c1-4-23-18-13-15(9-10-17(18)22-3)20(19-8-6-12-24-19)11-5-7-16(14-20)21-2/h5-11,13,19H,4,12,14H2,1-3H3. The van der Waals surface area contributed by atoms with E-state index in [1.807, 2.05) is 24.8 Å². The molecule has 2 unspecified atom stereocenters. The Kier molecular flexibility index (Phi) is 5.24. The summed E-state index contributed by atoms with van der Waals surface area (Å²) in [5, 5.41) is 0.385. The van der Waals surface area contributed by atoms with Gasteiger partial charge in [-0.15, -0.1) is 11.8 Å². The molecule has 128 valence electrons. The number of allylic oxidation sites excluding steroid dienone is 4. The highest BCUT2D eigenvalue weighted by Crippen LogP contribution is 2.47. The van der Waals surface area contributed by atoms with Crippen molar-refractivity contribution in [2.75, 3.05) is 26.6 Å². The van der Waals surface area contributed by atoms with Crippen molar-refractivity contribution in [3.05, 3.63) is 59.9 Å². The first-order chi connectivity index (χ1) is 11.7. The van der Waals surface area contributed by atoms with Crippen LogP contribution in [-0.2, 0) is 10.2 Å². The molecule has 2 atom stereocenters. The van der Waals surface area contributed by atoms with Crippen molar-refractivity contribution in [1.29, 1.82) is 0 Å². The Morgan fingerprint density at radius 1 is 1.21 bits per heavy atom. The van der Waals surface area contributed by atoms with Crippen molar-refractivity contribution in [3.63, 3.8) is 0 Å². The second-order valence-electron chi connectivity index (χ2n) is 5.89. The van der Waals surface area contributed by atoms with Gasteiger partial charge in [-0.2, -0.15) is 0 Å². The van der Waals surface area contributed by atoms with E-state index in [1.165, 1.54) is 5.56 Å². The highest BCUT2D eigenvalue weighted by atomic mass is 32.2. The molecule has 0 N–H and O–H groups in total. The van der Waals surface area contributed by atoms with Gasteiger partial charge in [0, 0.05) is 22.8 Å². The molecule has 1 aromatic rings. The Bertz CT molecular complexity index is 677. The fourth-order valence-corrected chi connectivity index (χ4v) is 4.63. The monoisotopic (exact) mass is 344 g/mol. The maximum absolute atomic E-state index is 5.80. The summed E-state index contributed by atoms with van der Waals surface area (Å²) in [4.78, 5) is 0. The van der Waals surface area contributed by atoms with E-state index in [-0.39, 0.29) is 5.41 Å². The van der Waals surface area contributed by atoms with Crippen LogP contribution in [-0.4, -0.2) is 31.8 Å². The smallest absolute Gasteiger partial charge is 0.161 e. The van der Waals surface area contributed by atoms with Crippen LogP contribution in [0.1, 0.15) is 18.9 Å². The van der Waals surface area contributed by atoms with Crippen molar-refractivity contribution in [2.45, 2.75) is 24.0 Å². The molecule has 0 spiro atoms. The number of rotatable bonds is 6. The number of methoxy groups -OCH3 is 2. The molecule has 1 aromatic carbocycles. The van der Waals surface area contributed by atoms with Gasteiger partial charge in [-0.3, -0.25) is 0 Å². The van der Waals surface area contributed by atoms with E-state index in [0.29, 0.717) is 11.9 Å². The highest BCUT2D eigenvalue weighted by molar-refractivity contribution is 8.00. The molecule has 2 aliphatic rings. The third kappa shape index (κ3) is 3.07. The Morgan fingerprint density at radius 3 is 2.75 bits per heavy atom. The molecule has 0 amide bonds. The van der Waals surface area contributed by atoms with Crippen LogP contribution in [0.5, 0.6) is 11.5 Å². The van der Waals surface area contributed by atoms with Crippen molar-refractivity contribution in [1.82, 2.24) is 0 Å². The van der Waals surface area contributed by atoms with Gasteiger partial charge in [-0.05, 0) is 30.7 Å². The quantitative estimate of drug-likeness (QED) is 0.711. The van der Waals surface area contributed by atoms with Crippen LogP contribution in [0.3, 0.4) is 0 Å². The van der Waals surface area contributed by atoms with E-state index in [2.05, 4.69) is 42.5 Å². The minimum absolute atomic E-state index is 0.129. The first-order valence-corrected chi connectivity index (χ1v) is 9.30. The second-order valence-corrected chi connectivity index (χ2v) is 7.07. The summed E-state index contributed by atoms with van der Waals surface area (Å²) < 4.78 is 16.8. The lowest BCUT2D eigenvalue weighted by Gasteiger charge is -2.38. The minimum Gasteiger partial charge on any atom is -0.501 e. The lowest BCUT2D eigenvalue weighted by molar-refractivity contribution is 0.256. The molecule has 0 aromatic heterocycles. The summed E-state index contributed by atoms with van der Waals surface area (Å²) in [6.45, 7) is 2.60. The Hall–Kier alpha value is -1.81. The van der Waals surface area contributed by atoms with E-state index >= 15 is 0 Å². The average Bonchev–Trinajstić information content (AvgIpc) is 3.17. The van der Waals surface area contributed by atoms with Crippen LogP contribution in [0.4, 0.5) is 0 Å². The molecule has 0 bridgehead atoms. The van der Waals surface area contributed by atoms with Crippen molar-refractivity contribution in [2.24, 2.45) is 0 Å². The summed E-state index contributed by atoms with van der Waals surface area (Å²) in [7, 11) is 3.42. The molecule has 3 rings (SSSR count). The predicted octanol–water partition coefficient (Wildman–Crippen LogP) is 4.49. The van der Waals surface area contributed by atoms with Crippen LogP contribution in [0, 0.1) is 0 Å². The zero-order valence-electron chi connectivity index (χ0n) is 14.5. The third-order valence-electron chi connectivity index (χ3n) is 4.60. The largest absolute Gasteiger partial charge is 0.501 e. The number of hydrogen-bond donors (Lipinski definition) is 0. The average molecular weight is 344 g/mol. The topological polar surface area (TPSA) is 27.7 Å². The zero-order chi connectivity index (χ0) is 17.0. The van der Waals surface area contributed by atoms with Gasteiger partial charge < -0.3 is 14.2 Å². The van der Waals surface area contributed by atoms with E-state index in [9.17, 15) is 0 Å². The van der Waals surface area contributed by atoms with Crippen molar-refractivity contribution >= 4 is 11.8 Å². The molecule has 1 aliphatic carbocycles. The lowest BCUT2D eigenvalue weighted by Crippen LogP contribution is -2.36. The Balaban J connectivity index is 2.06. The summed E-state index contributed by atoms with van der Waals surface area (Å²) in [6, 6.07) is 6.28. The maximum atomic E-state index is 5.80. The molecule has 1 aliphatic heterocycles. The van der Waals surface area contributed by atoms with Crippen molar-refractivity contribution < 1.29 is 14.2 Å². The first-order valence-electron chi connectivity index (χ1n) is 8.25. The maximum Gasteiger partial charge on any atom is 0.161 e. The van der Waals surface area contributed by atoms with E-state index in [1.54, 1.807) is 14.2 Å². The Labute approximate surface area is 148 Å². The van der Waals surface area contributed by atoms with E-state index < -0.39 is 0 Å². The molecular formula is C20H24O3S. The molecule has 3 nitrogen and oxygen atoms in total.